The van der Waals surface area contributed by atoms with E-state index in [0.29, 0.717) is 11.7 Å². The highest BCUT2D eigenvalue weighted by Gasteiger charge is 2.25. The summed E-state index contributed by atoms with van der Waals surface area (Å²) in [7, 11) is 0. The quantitative estimate of drug-likeness (QED) is 0.836. The third-order valence-electron chi connectivity index (χ3n) is 4.60. The SMILES string of the molecule is O=C1CCCCC1CN1CC=C(c2ccccc2)CC1. The fourth-order valence-corrected chi connectivity index (χ4v) is 3.35. The van der Waals surface area contributed by atoms with E-state index in [2.05, 4.69) is 41.3 Å². The number of ketones is 1. The molecule has 1 unspecified atom stereocenters. The first kappa shape index (κ1) is 13.6. The molecule has 0 N–H and O–H groups in total. The van der Waals surface area contributed by atoms with E-state index in [9.17, 15) is 4.79 Å². The molecule has 1 atom stereocenters. The molecule has 0 saturated heterocycles. The van der Waals surface area contributed by atoms with Gasteiger partial charge in [0.15, 0.2) is 0 Å². The lowest BCUT2D eigenvalue weighted by molar-refractivity contribution is -0.125. The molecule has 1 aliphatic carbocycles. The van der Waals surface area contributed by atoms with Crippen molar-refractivity contribution in [3.05, 3.63) is 42.0 Å². The third kappa shape index (κ3) is 3.18. The highest BCUT2D eigenvalue weighted by molar-refractivity contribution is 5.81. The smallest absolute Gasteiger partial charge is 0.137 e. The maximum Gasteiger partial charge on any atom is 0.137 e. The van der Waals surface area contributed by atoms with Gasteiger partial charge in [0, 0.05) is 32.0 Å². The van der Waals surface area contributed by atoms with Gasteiger partial charge < -0.3 is 0 Å². The predicted octanol–water partition coefficient (Wildman–Crippen LogP) is 3.54. The van der Waals surface area contributed by atoms with Crippen molar-refractivity contribution in [3.63, 3.8) is 0 Å². The van der Waals surface area contributed by atoms with Crippen molar-refractivity contribution in [1.29, 1.82) is 0 Å². The van der Waals surface area contributed by atoms with E-state index in [1.165, 1.54) is 17.6 Å². The highest BCUT2D eigenvalue weighted by Crippen LogP contribution is 2.25. The molecule has 1 fully saturated rings. The summed E-state index contributed by atoms with van der Waals surface area (Å²) in [5, 5.41) is 0. The first-order valence-electron chi connectivity index (χ1n) is 7.82. The lowest BCUT2D eigenvalue weighted by Gasteiger charge is -2.31. The molecule has 0 bridgehead atoms. The Bertz CT molecular complexity index is 491. The van der Waals surface area contributed by atoms with E-state index in [0.717, 1.165) is 45.3 Å². The first-order chi connectivity index (χ1) is 9.83. The van der Waals surface area contributed by atoms with Crippen LogP contribution in [-0.2, 0) is 4.79 Å². The van der Waals surface area contributed by atoms with Gasteiger partial charge in [0.25, 0.3) is 0 Å². The van der Waals surface area contributed by atoms with E-state index >= 15 is 0 Å². The van der Waals surface area contributed by atoms with Crippen LogP contribution < -0.4 is 0 Å². The number of hydrogen-bond donors (Lipinski definition) is 0. The summed E-state index contributed by atoms with van der Waals surface area (Å²) in [5.41, 5.74) is 2.80. The Balaban J connectivity index is 1.58. The van der Waals surface area contributed by atoms with Crippen LogP contribution in [0.15, 0.2) is 36.4 Å². The normalized spacial score (nSPS) is 24.5. The summed E-state index contributed by atoms with van der Waals surface area (Å²) in [6.07, 6.45) is 7.69. The number of carbonyl (C=O) groups excluding carboxylic acids is 1. The number of Topliss-reactive ketones (excluding diaryl/α,β-unsaturated/α-hetero) is 1. The van der Waals surface area contributed by atoms with Gasteiger partial charge in [-0.2, -0.15) is 0 Å². The molecule has 1 heterocycles. The van der Waals surface area contributed by atoms with Crippen LogP contribution in [-0.4, -0.2) is 30.3 Å². The molecule has 1 aliphatic heterocycles. The molecule has 2 nitrogen and oxygen atoms in total. The van der Waals surface area contributed by atoms with Crippen molar-refractivity contribution in [1.82, 2.24) is 4.90 Å². The number of nitrogens with zero attached hydrogens (tertiary/aromatic N) is 1. The lowest BCUT2D eigenvalue weighted by atomic mass is 9.87. The van der Waals surface area contributed by atoms with Crippen LogP contribution >= 0.6 is 0 Å². The third-order valence-corrected chi connectivity index (χ3v) is 4.60. The zero-order chi connectivity index (χ0) is 13.8. The van der Waals surface area contributed by atoms with Crippen molar-refractivity contribution >= 4 is 11.4 Å². The van der Waals surface area contributed by atoms with Gasteiger partial charge in [0.05, 0.1) is 0 Å². The van der Waals surface area contributed by atoms with Gasteiger partial charge >= 0.3 is 0 Å². The Hall–Kier alpha value is -1.41. The van der Waals surface area contributed by atoms with Crippen LogP contribution in [0.25, 0.3) is 5.57 Å². The molecular formula is C18H23NO. The van der Waals surface area contributed by atoms with Crippen LogP contribution in [0.2, 0.25) is 0 Å². The van der Waals surface area contributed by atoms with E-state index in [1.807, 2.05) is 0 Å². The maximum atomic E-state index is 11.9. The van der Waals surface area contributed by atoms with Crippen molar-refractivity contribution in [3.8, 4) is 0 Å². The Kier molecular flexibility index (Phi) is 4.31. The summed E-state index contributed by atoms with van der Waals surface area (Å²) in [6.45, 7) is 3.05. The van der Waals surface area contributed by atoms with E-state index < -0.39 is 0 Å². The molecule has 0 radical (unpaired) electrons. The maximum absolute atomic E-state index is 11.9. The van der Waals surface area contributed by atoms with Crippen LogP contribution in [0.5, 0.6) is 0 Å². The predicted molar refractivity (Wildman–Crippen MR) is 82.4 cm³/mol. The van der Waals surface area contributed by atoms with Crippen LogP contribution in [0.3, 0.4) is 0 Å². The second-order valence-corrected chi connectivity index (χ2v) is 6.01. The van der Waals surface area contributed by atoms with Gasteiger partial charge in [-0.05, 0) is 30.4 Å². The van der Waals surface area contributed by atoms with Crippen LogP contribution in [0.1, 0.15) is 37.7 Å². The van der Waals surface area contributed by atoms with E-state index in [1.54, 1.807) is 0 Å². The number of rotatable bonds is 3. The Morgan fingerprint density at radius 2 is 1.95 bits per heavy atom. The monoisotopic (exact) mass is 269 g/mol. The van der Waals surface area contributed by atoms with Crippen LogP contribution in [0.4, 0.5) is 0 Å². The molecule has 0 spiro atoms. The fourth-order valence-electron chi connectivity index (χ4n) is 3.35. The van der Waals surface area contributed by atoms with Gasteiger partial charge in [0.2, 0.25) is 0 Å². The summed E-state index contributed by atoms with van der Waals surface area (Å²) in [5.74, 6) is 0.796. The standard InChI is InChI=1S/C18H23NO/c20-18-9-5-4-8-17(18)14-19-12-10-16(11-13-19)15-6-2-1-3-7-15/h1-3,6-7,10,17H,4-5,8-9,11-14H2. The summed E-state index contributed by atoms with van der Waals surface area (Å²) >= 11 is 0. The highest BCUT2D eigenvalue weighted by atomic mass is 16.1. The molecule has 3 rings (SSSR count). The zero-order valence-electron chi connectivity index (χ0n) is 12.1. The van der Waals surface area contributed by atoms with Crippen molar-refractivity contribution < 1.29 is 4.79 Å². The lowest BCUT2D eigenvalue weighted by Crippen LogP contribution is -2.37. The Morgan fingerprint density at radius 1 is 1.10 bits per heavy atom. The molecule has 1 aromatic rings. The number of carbonyl (C=O) groups is 1. The fraction of sp³-hybridized carbons (Fsp3) is 0.500. The van der Waals surface area contributed by atoms with Gasteiger partial charge in [-0.1, -0.05) is 42.8 Å². The average Bonchev–Trinajstić information content (AvgIpc) is 2.51. The van der Waals surface area contributed by atoms with Crippen molar-refractivity contribution in [2.75, 3.05) is 19.6 Å². The van der Waals surface area contributed by atoms with Crippen molar-refractivity contribution in [2.24, 2.45) is 5.92 Å². The summed E-state index contributed by atoms with van der Waals surface area (Å²) in [6, 6.07) is 10.6. The molecule has 106 valence electrons. The number of hydrogen-bond acceptors (Lipinski definition) is 2. The summed E-state index contributed by atoms with van der Waals surface area (Å²) < 4.78 is 0. The van der Waals surface area contributed by atoms with Crippen LogP contribution in [0, 0.1) is 5.92 Å². The Labute approximate surface area is 121 Å². The van der Waals surface area contributed by atoms with E-state index in [4.69, 9.17) is 0 Å². The minimum atomic E-state index is 0.301. The van der Waals surface area contributed by atoms with Crippen molar-refractivity contribution in [2.45, 2.75) is 32.1 Å². The Morgan fingerprint density at radius 3 is 2.65 bits per heavy atom. The molecule has 1 aromatic carbocycles. The molecule has 20 heavy (non-hydrogen) atoms. The van der Waals surface area contributed by atoms with E-state index in [-0.39, 0.29) is 0 Å². The zero-order valence-corrected chi connectivity index (χ0v) is 12.1. The second-order valence-electron chi connectivity index (χ2n) is 6.01. The number of benzene rings is 1. The summed E-state index contributed by atoms with van der Waals surface area (Å²) in [4.78, 5) is 14.4. The van der Waals surface area contributed by atoms with Gasteiger partial charge in [-0.15, -0.1) is 0 Å². The molecule has 1 saturated carbocycles. The van der Waals surface area contributed by atoms with Gasteiger partial charge in [0.1, 0.15) is 5.78 Å². The molecule has 0 amide bonds. The largest absolute Gasteiger partial charge is 0.299 e. The molecule has 2 heteroatoms. The van der Waals surface area contributed by atoms with Gasteiger partial charge in [-0.3, -0.25) is 9.69 Å². The first-order valence-corrected chi connectivity index (χ1v) is 7.82. The molecule has 2 aliphatic rings. The topological polar surface area (TPSA) is 20.3 Å². The second kappa shape index (κ2) is 6.36. The minimum absolute atomic E-state index is 0.301. The molecular weight excluding hydrogens is 246 g/mol. The minimum Gasteiger partial charge on any atom is -0.299 e. The van der Waals surface area contributed by atoms with Gasteiger partial charge in [-0.25, -0.2) is 0 Å². The average molecular weight is 269 g/mol. The molecule has 0 aromatic heterocycles.